The molecule has 0 fully saturated rings. The molecule has 0 saturated heterocycles. The molecule has 2 N–H and O–H groups in total. The standard InChI is InChI=1S/C17H15F5N2O5S/c18-16(19)28-12-3-1-11(2-4-12)24-15(25)9-10-23-30(26,27)14-7-5-13(6-8-14)29-17(20,21)22/h1-8,16,23H,9-10H2,(H,24,25). The van der Waals surface area contributed by atoms with Crippen molar-refractivity contribution >= 4 is 21.6 Å². The number of alkyl halides is 5. The topological polar surface area (TPSA) is 93.7 Å². The Balaban J connectivity index is 1.84. The fraction of sp³-hybridized carbons (Fsp3) is 0.235. The van der Waals surface area contributed by atoms with Crippen molar-refractivity contribution in [3.05, 3.63) is 48.5 Å². The normalized spacial score (nSPS) is 11.9. The van der Waals surface area contributed by atoms with Gasteiger partial charge in [0.25, 0.3) is 0 Å². The summed E-state index contributed by atoms with van der Waals surface area (Å²) in [6.45, 7) is -3.27. The number of hydrogen-bond acceptors (Lipinski definition) is 5. The Hall–Kier alpha value is -2.93. The third-order valence-electron chi connectivity index (χ3n) is 3.37. The molecule has 0 atom stereocenters. The predicted octanol–water partition coefficient (Wildman–Crippen LogP) is 3.49. The van der Waals surface area contributed by atoms with E-state index in [1.807, 2.05) is 0 Å². The van der Waals surface area contributed by atoms with Crippen molar-refractivity contribution in [2.45, 2.75) is 24.3 Å². The minimum absolute atomic E-state index is 0.0950. The minimum Gasteiger partial charge on any atom is -0.435 e. The highest BCUT2D eigenvalue weighted by Crippen LogP contribution is 2.24. The van der Waals surface area contributed by atoms with Crippen LogP contribution in [0.5, 0.6) is 11.5 Å². The number of halogens is 5. The van der Waals surface area contributed by atoms with Crippen LogP contribution in [0.4, 0.5) is 27.6 Å². The van der Waals surface area contributed by atoms with Crippen LogP contribution in [-0.4, -0.2) is 33.8 Å². The third kappa shape index (κ3) is 7.83. The van der Waals surface area contributed by atoms with Gasteiger partial charge < -0.3 is 14.8 Å². The van der Waals surface area contributed by atoms with Crippen LogP contribution in [0.15, 0.2) is 53.4 Å². The number of nitrogens with one attached hydrogen (secondary N) is 2. The van der Waals surface area contributed by atoms with Gasteiger partial charge in [0.1, 0.15) is 11.5 Å². The average molecular weight is 454 g/mol. The molecule has 2 aromatic rings. The van der Waals surface area contributed by atoms with Crippen molar-refractivity contribution in [1.29, 1.82) is 0 Å². The van der Waals surface area contributed by atoms with Gasteiger partial charge in [0, 0.05) is 18.7 Å². The lowest BCUT2D eigenvalue weighted by molar-refractivity contribution is -0.274. The van der Waals surface area contributed by atoms with E-state index in [1.54, 1.807) is 0 Å². The first-order chi connectivity index (χ1) is 13.9. The summed E-state index contributed by atoms with van der Waals surface area (Å²) in [7, 11) is -4.06. The summed E-state index contributed by atoms with van der Waals surface area (Å²) in [6, 6.07) is 8.62. The lowest BCUT2D eigenvalue weighted by Crippen LogP contribution is -2.27. The fourth-order valence-electron chi connectivity index (χ4n) is 2.15. The first-order valence-corrected chi connectivity index (χ1v) is 9.63. The molecular weight excluding hydrogens is 439 g/mol. The molecule has 1 amide bonds. The molecule has 0 aromatic heterocycles. The molecule has 0 aliphatic heterocycles. The second-order valence-electron chi connectivity index (χ2n) is 5.62. The summed E-state index contributed by atoms with van der Waals surface area (Å²) >= 11 is 0. The van der Waals surface area contributed by atoms with Gasteiger partial charge in [0.2, 0.25) is 15.9 Å². The fourth-order valence-corrected chi connectivity index (χ4v) is 3.18. The van der Waals surface area contributed by atoms with E-state index in [-0.39, 0.29) is 29.3 Å². The molecule has 0 bridgehead atoms. The molecule has 2 rings (SSSR count). The van der Waals surface area contributed by atoms with Gasteiger partial charge in [0.05, 0.1) is 4.90 Å². The predicted molar refractivity (Wildman–Crippen MR) is 94.6 cm³/mol. The van der Waals surface area contributed by atoms with Crippen LogP contribution in [0, 0.1) is 0 Å². The van der Waals surface area contributed by atoms with Crippen LogP contribution in [-0.2, 0) is 14.8 Å². The highest BCUT2D eigenvalue weighted by atomic mass is 32.2. The second-order valence-corrected chi connectivity index (χ2v) is 7.38. The van der Waals surface area contributed by atoms with Crippen molar-refractivity contribution in [3.8, 4) is 11.5 Å². The Morgan fingerprint density at radius 2 is 1.53 bits per heavy atom. The highest BCUT2D eigenvalue weighted by molar-refractivity contribution is 7.89. The Morgan fingerprint density at radius 3 is 2.07 bits per heavy atom. The molecule has 7 nitrogen and oxygen atoms in total. The zero-order valence-corrected chi connectivity index (χ0v) is 15.8. The van der Waals surface area contributed by atoms with E-state index >= 15 is 0 Å². The summed E-state index contributed by atoms with van der Waals surface area (Å²) in [5, 5.41) is 2.44. The number of ether oxygens (including phenoxy) is 2. The van der Waals surface area contributed by atoms with Gasteiger partial charge in [-0.05, 0) is 48.5 Å². The van der Waals surface area contributed by atoms with E-state index in [0.717, 1.165) is 24.3 Å². The number of rotatable bonds is 9. The smallest absolute Gasteiger partial charge is 0.435 e. The Morgan fingerprint density at radius 1 is 0.967 bits per heavy atom. The molecule has 0 radical (unpaired) electrons. The summed E-state index contributed by atoms with van der Waals surface area (Å²) < 4.78 is 94.7. The molecule has 164 valence electrons. The number of carbonyl (C=O) groups excluding carboxylic acids is 1. The minimum atomic E-state index is -4.90. The second kappa shape index (κ2) is 9.71. The van der Waals surface area contributed by atoms with Crippen LogP contribution in [0.3, 0.4) is 0 Å². The molecule has 0 spiro atoms. The lowest BCUT2D eigenvalue weighted by Gasteiger charge is -2.10. The van der Waals surface area contributed by atoms with Crippen LogP contribution < -0.4 is 19.5 Å². The first kappa shape index (κ1) is 23.3. The molecule has 0 unspecified atom stereocenters. The van der Waals surface area contributed by atoms with Crippen molar-refractivity contribution in [2.75, 3.05) is 11.9 Å². The number of carbonyl (C=O) groups is 1. The number of anilines is 1. The molecule has 0 aliphatic rings. The van der Waals surface area contributed by atoms with E-state index in [4.69, 9.17) is 0 Å². The van der Waals surface area contributed by atoms with Gasteiger partial charge in [0.15, 0.2) is 0 Å². The highest BCUT2D eigenvalue weighted by Gasteiger charge is 2.31. The summed E-state index contributed by atoms with van der Waals surface area (Å²) in [4.78, 5) is 11.5. The van der Waals surface area contributed by atoms with Gasteiger partial charge in [-0.1, -0.05) is 0 Å². The maximum Gasteiger partial charge on any atom is 0.573 e. The molecule has 30 heavy (non-hydrogen) atoms. The number of benzene rings is 2. The Bertz CT molecular complexity index is 948. The van der Waals surface area contributed by atoms with Gasteiger partial charge in [-0.3, -0.25) is 4.79 Å². The van der Waals surface area contributed by atoms with E-state index in [9.17, 15) is 35.2 Å². The van der Waals surface area contributed by atoms with Crippen molar-refractivity contribution in [3.63, 3.8) is 0 Å². The maximum absolute atomic E-state index is 12.1. The summed E-state index contributed by atoms with van der Waals surface area (Å²) in [5.74, 6) is -1.23. The van der Waals surface area contributed by atoms with E-state index in [0.29, 0.717) is 0 Å². The van der Waals surface area contributed by atoms with Crippen LogP contribution in [0.25, 0.3) is 0 Å². The van der Waals surface area contributed by atoms with Crippen molar-refractivity contribution < 1.29 is 44.6 Å². The van der Waals surface area contributed by atoms with Gasteiger partial charge >= 0.3 is 13.0 Å². The largest absolute Gasteiger partial charge is 0.573 e. The zero-order valence-electron chi connectivity index (χ0n) is 14.9. The van der Waals surface area contributed by atoms with Gasteiger partial charge in [-0.15, -0.1) is 13.2 Å². The summed E-state index contributed by atoms with van der Waals surface area (Å²) in [6.07, 6.45) is -5.16. The number of sulfonamides is 1. The van der Waals surface area contributed by atoms with Crippen LogP contribution >= 0.6 is 0 Å². The number of amides is 1. The Labute approximate surface area is 167 Å². The monoisotopic (exact) mass is 454 g/mol. The molecule has 0 aliphatic carbocycles. The zero-order chi connectivity index (χ0) is 22.4. The average Bonchev–Trinajstić information content (AvgIpc) is 2.62. The quantitative estimate of drug-likeness (QED) is 0.566. The lowest BCUT2D eigenvalue weighted by atomic mass is 10.3. The molecule has 13 heteroatoms. The van der Waals surface area contributed by atoms with Gasteiger partial charge in [-0.25, -0.2) is 13.1 Å². The van der Waals surface area contributed by atoms with Crippen LogP contribution in [0.2, 0.25) is 0 Å². The maximum atomic E-state index is 12.1. The van der Waals surface area contributed by atoms with Gasteiger partial charge in [-0.2, -0.15) is 8.78 Å². The molecular formula is C17H15F5N2O5S. The first-order valence-electron chi connectivity index (χ1n) is 8.15. The molecule has 2 aromatic carbocycles. The molecule has 0 heterocycles. The Kier molecular flexibility index (Phi) is 7.56. The third-order valence-corrected chi connectivity index (χ3v) is 4.85. The van der Waals surface area contributed by atoms with Crippen LogP contribution in [0.1, 0.15) is 6.42 Å². The molecule has 0 saturated carbocycles. The van der Waals surface area contributed by atoms with Crippen molar-refractivity contribution in [1.82, 2.24) is 4.72 Å². The SMILES string of the molecule is O=C(CCNS(=O)(=O)c1ccc(OC(F)(F)F)cc1)Nc1ccc(OC(F)F)cc1. The summed E-state index contributed by atoms with van der Waals surface area (Å²) in [5.41, 5.74) is 0.282. The van der Waals surface area contributed by atoms with E-state index < -0.39 is 34.7 Å². The van der Waals surface area contributed by atoms with E-state index in [1.165, 1.54) is 24.3 Å². The van der Waals surface area contributed by atoms with E-state index in [2.05, 4.69) is 19.5 Å². The van der Waals surface area contributed by atoms with Crippen molar-refractivity contribution in [2.24, 2.45) is 0 Å². The number of hydrogen-bond donors (Lipinski definition) is 2.